The Morgan fingerprint density at radius 1 is 0.854 bits per heavy atom. The van der Waals surface area contributed by atoms with Crippen molar-refractivity contribution in [3.63, 3.8) is 0 Å². The molecule has 1 atom stereocenters. The minimum Gasteiger partial charge on any atom is -0.497 e. The molecule has 0 saturated heterocycles. The molecule has 1 N–H and O–H groups in total. The first kappa shape index (κ1) is 31.5. The van der Waals surface area contributed by atoms with Gasteiger partial charge in [0.05, 0.1) is 26.2 Å². The van der Waals surface area contributed by atoms with Crippen molar-refractivity contribution in [1.29, 1.82) is 0 Å². The average Bonchev–Trinajstić information content (AvgIpc) is 2.96. The van der Waals surface area contributed by atoms with Crippen LogP contribution in [0.15, 0.2) is 78.9 Å². The summed E-state index contributed by atoms with van der Waals surface area (Å²) in [6.45, 7) is 4.00. The number of benzene rings is 3. The van der Waals surface area contributed by atoms with Crippen LogP contribution in [0.1, 0.15) is 25.0 Å². The summed E-state index contributed by atoms with van der Waals surface area (Å²) in [4.78, 5) is 29.2. The van der Waals surface area contributed by atoms with Gasteiger partial charge in [-0.05, 0) is 53.4 Å². The number of methoxy groups -OCH3 is 2. The van der Waals surface area contributed by atoms with Crippen LogP contribution in [0, 0.1) is 5.92 Å². The van der Waals surface area contributed by atoms with Crippen molar-refractivity contribution in [3.8, 4) is 11.5 Å². The van der Waals surface area contributed by atoms with Crippen molar-refractivity contribution in [2.24, 2.45) is 5.92 Å². The molecule has 0 aromatic heterocycles. The van der Waals surface area contributed by atoms with Gasteiger partial charge in [-0.3, -0.25) is 13.9 Å². The number of nitrogens with one attached hydrogen (secondary N) is 1. The quantitative estimate of drug-likeness (QED) is 0.310. The van der Waals surface area contributed by atoms with E-state index in [9.17, 15) is 18.0 Å². The summed E-state index contributed by atoms with van der Waals surface area (Å²) in [5, 5.41) is 2.97. The predicted molar refractivity (Wildman–Crippen MR) is 161 cm³/mol. The molecule has 9 nitrogen and oxygen atoms in total. The van der Waals surface area contributed by atoms with Crippen LogP contribution in [-0.2, 0) is 32.6 Å². The third-order valence-corrected chi connectivity index (χ3v) is 7.62. The van der Waals surface area contributed by atoms with E-state index in [-0.39, 0.29) is 24.8 Å². The fraction of sp³-hybridized carbons (Fsp3) is 0.355. The van der Waals surface area contributed by atoms with E-state index in [0.717, 1.165) is 21.7 Å². The van der Waals surface area contributed by atoms with Gasteiger partial charge in [0.25, 0.3) is 0 Å². The van der Waals surface area contributed by atoms with Crippen LogP contribution < -0.4 is 19.1 Å². The number of nitrogens with zero attached hydrogens (tertiary/aromatic N) is 2. The third kappa shape index (κ3) is 9.24. The Hall–Kier alpha value is -4.05. The highest BCUT2D eigenvalue weighted by atomic mass is 32.2. The zero-order valence-electron chi connectivity index (χ0n) is 24.2. The molecule has 0 fully saturated rings. The maximum absolute atomic E-state index is 14.1. The van der Waals surface area contributed by atoms with Crippen molar-refractivity contribution in [3.05, 3.63) is 90.0 Å². The highest BCUT2D eigenvalue weighted by Crippen LogP contribution is 2.23. The highest BCUT2D eigenvalue weighted by molar-refractivity contribution is 7.92. The lowest BCUT2D eigenvalue weighted by atomic mass is 10.0. The van der Waals surface area contributed by atoms with Gasteiger partial charge in [0.2, 0.25) is 21.8 Å². The molecule has 3 rings (SSSR count). The number of carbonyl (C=O) groups is 2. The van der Waals surface area contributed by atoms with Crippen LogP contribution in [0.2, 0.25) is 0 Å². The van der Waals surface area contributed by atoms with Crippen LogP contribution >= 0.6 is 0 Å². The fourth-order valence-corrected chi connectivity index (χ4v) is 5.16. The normalized spacial score (nSPS) is 12.0. The summed E-state index contributed by atoms with van der Waals surface area (Å²) >= 11 is 0. The van der Waals surface area contributed by atoms with Crippen LogP contribution in [0.3, 0.4) is 0 Å². The standard InChI is InChI=1S/C31H39N3O6S/c1-23(2)20-32-31(36)29(19-24-10-7-6-8-11-24)33(21-25-12-9-13-28(18-25)40-4)30(35)22-34(41(5,37)38)26-14-16-27(39-3)17-15-26/h6-18,23,29H,19-22H2,1-5H3,(H,32,36). The molecule has 0 heterocycles. The average molecular weight is 582 g/mol. The van der Waals surface area contributed by atoms with Crippen LogP contribution in [0.25, 0.3) is 0 Å². The topological polar surface area (TPSA) is 105 Å². The molecule has 0 bridgehead atoms. The molecule has 0 aliphatic heterocycles. The first-order valence-electron chi connectivity index (χ1n) is 13.4. The van der Waals surface area contributed by atoms with E-state index in [1.54, 1.807) is 43.5 Å². The van der Waals surface area contributed by atoms with E-state index in [2.05, 4.69) is 5.32 Å². The number of carbonyl (C=O) groups excluding carboxylic acids is 2. The lowest BCUT2D eigenvalue weighted by Crippen LogP contribution is -2.53. The third-order valence-electron chi connectivity index (χ3n) is 6.48. The van der Waals surface area contributed by atoms with E-state index in [1.165, 1.54) is 12.0 Å². The monoisotopic (exact) mass is 581 g/mol. The second-order valence-corrected chi connectivity index (χ2v) is 12.1. The lowest BCUT2D eigenvalue weighted by molar-refractivity contribution is -0.140. The molecule has 0 aliphatic rings. The van der Waals surface area contributed by atoms with Gasteiger partial charge in [0.15, 0.2) is 0 Å². The van der Waals surface area contributed by atoms with E-state index in [4.69, 9.17) is 9.47 Å². The Morgan fingerprint density at radius 3 is 2.07 bits per heavy atom. The summed E-state index contributed by atoms with van der Waals surface area (Å²) in [7, 11) is -0.783. The number of ether oxygens (including phenoxy) is 2. The molecule has 0 saturated carbocycles. The predicted octanol–water partition coefficient (Wildman–Crippen LogP) is 3.88. The summed E-state index contributed by atoms with van der Waals surface area (Å²) in [6, 6.07) is 22.2. The Morgan fingerprint density at radius 2 is 1.49 bits per heavy atom. The van der Waals surface area contributed by atoms with Crippen molar-refractivity contribution in [2.45, 2.75) is 32.9 Å². The second kappa shape index (κ2) is 14.5. The number of hydrogen-bond acceptors (Lipinski definition) is 6. The van der Waals surface area contributed by atoms with Crippen molar-refractivity contribution >= 4 is 27.5 Å². The van der Waals surface area contributed by atoms with Gasteiger partial charge in [-0.1, -0.05) is 56.3 Å². The lowest BCUT2D eigenvalue weighted by Gasteiger charge is -2.33. The van der Waals surface area contributed by atoms with Crippen molar-refractivity contribution in [1.82, 2.24) is 10.2 Å². The van der Waals surface area contributed by atoms with Gasteiger partial charge < -0.3 is 19.7 Å². The van der Waals surface area contributed by atoms with Crippen molar-refractivity contribution in [2.75, 3.05) is 37.9 Å². The number of hydrogen-bond donors (Lipinski definition) is 1. The number of sulfonamides is 1. The Bertz CT molecular complexity index is 1390. The molecule has 1 unspecified atom stereocenters. The minimum atomic E-state index is -3.85. The van der Waals surface area contributed by atoms with Crippen LogP contribution in [0.4, 0.5) is 5.69 Å². The summed E-state index contributed by atoms with van der Waals surface area (Å²) in [5.74, 6) is 0.534. The van der Waals surface area contributed by atoms with Gasteiger partial charge >= 0.3 is 0 Å². The highest BCUT2D eigenvalue weighted by Gasteiger charge is 2.33. The van der Waals surface area contributed by atoms with Gasteiger partial charge in [-0.25, -0.2) is 8.42 Å². The molecule has 0 spiro atoms. The van der Waals surface area contributed by atoms with E-state index < -0.39 is 28.5 Å². The SMILES string of the molecule is COc1ccc(N(CC(=O)N(Cc2cccc(OC)c2)C(Cc2ccccc2)C(=O)NCC(C)C)S(C)(=O)=O)cc1. The Kier molecular flexibility index (Phi) is 11.2. The first-order chi connectivity index (χ1) is 19.5. The van der Waals surface area contributed by atoms with E-state index >= 15 is 0 Å². The van der Waals surface area contributed by atoms with Crippen LogP contribution in [-0.4, -0.2) is 64.7 Å². The van der Waals surface area contributed by atoms with Crippen LogP contribution in [0.5, 0.6) is 11.5 Å². The molecule has 3 aromatic rings. The van der Waals surface area contributed by atoms with E-state index in [0.29, 0.717) is 23.7 Å². The summed E-state index contributed by atoms with van der Waals surface area (Å²) in [5.41, 5.74) is 1.92. The summed E-state index contributed by atoms with van der Waals surface area (Å²) < 4.78 is 37.4. The van der Waals surface area contributed by atoms with Gasteiger partial charge in [-0.15, -0.1) is 0 Å². The Balaban J connectivity index is 2.05. The molecule has 10 heteroatoms. The maximum atomic E-state index is 14.1. The van der Waals surface area contributed by atoms with Gasteiger partial charge in [-0.2, -0.15) is 0 Å². The van der Waals surface area contributed by atoms with Gasteiger partial charge in [0.1, 0.15) is 24.1 Å². The first-order valence-corrected chi connectivity index (χ1v) is 15.2. The largest absolute Gasteiger partial charge is 0.497 e. The number of anilines is 1. The number of amides is 2. The Labute approximate surface area is 243 Å². The van der Waals surface area contributed by atoms with Crippen molar-refractivity contribution < 1.29 is 27.5 Å². The summed E-state index contributed by atoms with van der Waals surface area (Å²) in [6.07, 6.45) is 1.30. The second-order valence-electron chi connectivity index (χ2n) is 10.2. The molecule has 220 valence electrons. The molecule has 41 heavy (non-hydrogen) atoms. The fourth-order valence-electron chi connectivity index (χ4n) is 4.31. The minimum absolute atomic E-state index is 0.0723. The molecular weight excluding hydrogens is 542 g/mol. The molecule has 2 amide bonds. The zero-order valence-corrected chi connectivity index (χ0v) is 25.1. The maximum Gasteiger partial charge on any atom is 0.244 e. The molecule has 3 aromatic carbocycles. The zero-order chi connectivity index (χ0) is 30.0. The molecular formula is C31H39N3O6S. The van der Waals surface area contributed by atoms with Gasteiger partial charge in [0, 0.05) is 19.5 Å². The smallest absolute Gasteiger partial charge is 0.244 e. The molecule has 0 aliphatic carbocycles. The molecule has 0 radical (unpaired) electrons. The number of rotatable bonds is 14. The van der Waals surface area contributed by atoms with E-state index in [1.807, 2.05) is 56.3 Å².